The number of fused-ring (bicyclic) bond motifs is 1. The van der Waals surface area contributed by atoms with Crippen LogP contribution in [-0.4, -0.2) is 28.0 Å². The van der Waals surface area contributed by atoms with E-state index in [1.54, 1.807) is 0 Å². The summed E-state index contributed by atoms with van der Waals surface area (Å²) in [4.78, 5) is 19.5. The second-order valence-electron chi connectivity index (χ2n) is 6.33. The molecule has 2 aliphatic rings. The van der Waals surface area contributed by atoms with Crippen molar-refractivity contribution in [3.05, 3.63) is 27.4 Å². The molecular weight excluding hydrogens is 295 g/mol. The lowest BCUT2D eigenvalue weighted by atomic mass is 9.88. The average Bonchev–Trinajstić information content (AvgIpc) is 2.47. The predicted octanol–water partition coefficient (Wildman–Crippen LogP) is 2.73. The highest BCUT2D eigenvalue weighted by Gasteiger charge is 2.36. The molecule has 122 valence electrons. The van der Waals surface area contributed by atoms with Gasteiger partial charge in [-0.05, 0) is 25.2 Å². The van der Waals surface area contributed by atoms with Gasteiger partial charge in [-0.25, -0.2) is 4.98 Å². The minimum Gasteiger partial charge on any atom is -0.303 e. The molecule has 1 aromatic heterocycles. The Balaban J connectivity index is 1.76. The molecule has 0 atom stereocenters. The Kier molecular flexibility index (Phi) is 4.25. The molecule has 1 fully saturated rings. The van der Waals surface area contributed by atoms with Gasteiger partial charge < -0.3 is 4.98 Å². The van der Waals surface area contributed by atoms with Crippen molar-refractivity contribution < 1.29 is 13.2 Å². The number of hydrogen-bond acceptors (Lipinski definition) is 3. The fourth-order valence-electron chi connectivity index (χ4n) is 3.52. The van der Waals surface area contributed by atoms with Crippen LogP contribution in [0, 0.1) is 5.92 Å². The molecular formula is C15H20F3N3O. The summed E-state index contributed by atoms with van der Waals surface area (Å²) in [5.41, 5.74) is 0.0562. The van der Waals surface area contributed by atoms with Gasteiger partial charge >= 0.3 is 6.18 Å². The molecule has 0 saturated heterocycles. The summed E-state index contributed by atoms with van der Waals surface area (Å²) in [6, 6.07) is 0. The number of nitrogens with zero attached hydrogens (tertiary/aromatic N) is 2. The van der Waals surface area contributed by atoms with Crippen LogP contribution >= 0.6 is 0 Å². The molecule has 0 unspecified atom stereocenters. The fraction of sp³-hybridized carbons (Fsp3) is 0.733. The fourth-order valence-corrected chi connectivity index (χ4v) is 3.52. The van der Waals surface area contributed by atoms with Crippen molar-refractivity contribution in [2.45, 2.75) is 51.2 Å². The van der Waals surface area contributed by atoms with E-state index in [1.165, 1.54) is 32.1 Å². The number of H-pyrrole nitrogens is 1. The van der Waals surface area contributed by atoms with Crippen LogP contribution in [0.4, 0.5) is 13.2 Å². The van der Waals surface area contributed by atoms with Gasteiger partial charge in [-0.1, -0.05) is 19.3 Å². The lowest BCUT2D eigenvalue weighted by Gasteiger charge is -2.32. The van der Waals surface area contributed by atoms with Gasteiger partial charge in [0.25, 0.3) is 5.56 Å². The van der Waals surface area contributed by atoms with Crippen molar-refractivity contribution in [3.8, 4) is 0 Å². The highest BCUT2D eigenvalue weighted by Crippen LogP contribution is 2.28. The normalized spacial score (nSPS) is 20.9. The molecule has 7 heteroatoms. The molecule has 4 nitrogen and oxygen atoms in total. The minimum absolute atomic E-state index is 0.290. The predicted molar refractivity (Wildman–Crippen MR) is 75.4 cm³/mol. The van der Waals surface area contributed by atoms with E-state index in [0.29, 0.717) is 24.4 Å². The maximum atomic E-state index is 12.8. The molecule has 0 spiro atoms. The van der Waals surface area contributed by atoms with Crippen LogP contribution in [0.15, 0.2) is 4.79 Å². The Labute approximate surface area is 126 Å². The molecule has 22 heavy (non-hydrogen) atoms. The van der Waals surface area contributed by atoms with Crippen molar-refractivity contribution >= 4 is 0 Å². The number of nitrogens with one attached hydrogen (secondary N) is 1. The van der Waals surface area contributed by atoms with E-state index >= 15 is 0 Å². The Hall–Kier alpha value is -1.37. The van der Waals surface area contributed by atoms with E-state index < -0.39 is 17.6 Å². The molecule has 1 N–H and O–H groups in total. The summed E-state index contributed by atoms with van der Waals surface area (Å²) in [5, 5.41) is 0. The van der Waals surface area contributed by atoms with E-state index in [4.69, 9.17) is 0 Å². The topological polar surface area (TPSA) is 49.0 Å². The third-order valence-electron chi connectivity index (χ3n) is 4.66. The minimum atomic E-state index is -4.61. The van der Waals surface area contributed by atoms with Crippen molar-refractivity contribution in [2.24, 2.45) is 5.92 Å². The van der Waals surface area contributed by atoms with E-state index in [9.17, 15) is 18.0 Å². The molecule has 0 radical (unpaired) electrons. The average molecular weight is 315 g/mol. The van der Waals surface area contributed by atoms with Crippen molar-refractivity contribution in [3.63, 3.8) is 0 Å². The largest absolute Gasteiger partial charge is 0.449 e. The van der Waals surface area contributed by atoms with E-state index in [1.807, 2.05) is 4.98 Å². The zero-order chi connectivity index (χ0) is 15.7. The van der Waals surface area contributed by atoms with Crippen LogP contribution in [-0.2, 0) is 19.1 Å². The Morgan fingerprint density at radius 1 is 1.23 bits per heavy atom. The van der Waals surface area contributed by atoms with Gasteiger partial charge in [0, 0.05) is 25.2 Å². The monoisotopic (exact) mass is 315 g/mol. The molecule has 3 rings (SSSR count). The molecule has 1 aliphatic heterocycles. The zero-order valence-corrected chi connectivity index (χ0v) is 12.4. The van der Waals surface area contributed by atoms with Crippen LogP contribution in [0.25, 0.3) is 0 Å². The molecule has 0 aromatic carbocycles. The van der Waals surface area contributed by atoms with Crippen LogP contribution in [0.5, 0.6) is 0 Å². The second-order valence-corrected chi connectivity index (χ2v) is 6.33. The molecule has 0 amide bonds. The third-order valence-corrected chi connectivity index (χ3v) is 4.66. The third kappa shape index (κ3) is 3.34. The summed E-state index contributed by atoms with van der Waals surface area (Å²) >= 11 is 0. The molecule has 2 heterocycles. The first kappa shape index (κ1) is 15.5. The van der Waals surface area contributed by atoms with Crippen molar-refractivity contribution in [1.29, 1.82) is 0 Å². The van der Waals surface area contributed by atoms with Crippen LogP contribution in [0.3, 0.4) is 0 Å². The smallest absolute Gasteiger partial charge is 0.303 e. The molecule has 1 saturated carbocycles. The van der Waals surface area contributed by atoms with Crippen LogP contribution in [0.2, 0.25) is 0 Å². The number of rotatable bonds is 2. The van der Waals surface area contributed by atoms with Crippen molar-refractivity contribution in [2.75, 3.05) is 13.1 Å². The molecule has 1 aliphatic carbocycles. The molecule has 1 aromatic rings. The highest BCUT2D eigenvalue weighted by molar-refractivity contribution is 5.21. The van der Waals surface area contributed by atoms with E-state index in [0.717, 1.165) is 13.1 Å². The maximum absolute atomic E-state index is 12.8. The van der Waals surface area contributed by atoms with Crippen LogP contribution < -0.4 is 5.56 Å². The summed E-state index contributed by atoms with van der Waals surface area (Å²) < 4.78 is 38.3. The summed E-state index contributed by atoms with van der Waals surface area (Å²) in [6.45, 7) is 1.97. The van der Waals surface area contributed by atoms with Gasteiger partial charge in [-0.2, -0.15) is 13.2 Å². The number of alkyl halides is 3. The number of aromatic nitrogens is 2. The van der Waals surface area contributed by atoms with Gasteiger partial charge in [-0.3, -0.25) is 9.69 Å². The van der Waals surface area contributed by atoms with Gasteiger partial charge in [-0.15, -0.1) is 0 Å². The highest BCUT2D eigenvalue weighted by atomic mass is 19.4. The van der Waals surface area contributed by atoms with Crippen LogP contribution in [0.1, 0.15) is 49.2 Å². The van der Waals surface area contributed by atoms with Gasteiger partial charge in [0.1, 0.15) is 0 Å². The lowest BCUT2D eigenvalue weighted by molar-refractivity contribution is -0.145. The lowest BCUT2D eigenvalue weighted by Crippen LogP contribution is -2.39. The first-order valence-electron chi connectivity index (χ1n) is 7.85. The second kappa shape index (κ2) is 6.02. The Morgan fingerprint density at radius 3 is 2.64 bits per heavy atom. The Bertz CT molecular complexity index is 591. The first-order valence-corrected chi connectivity index (χ1v) is 7.85. The van der Waals surface area contributed by atoms with Gasteiger partial charge in [0.05, 0.1) is 5.69 Å². The van der Waals surface area contributed by atoms with Gasteiger partial charge in [0.15, 0.2) is 0 Å². The number of halogens is 3. The summed E-state index contributed by atoms with van der Waals surface area (Å²) in [7, 11) is 0. The van der Waals surface area contributed by atoms with Crippen molar-refractivity contribution in [1.82, 2.24) is 14.9 Å². The van der Waals surface area contributed by atoms with Gasteiger partial charge in [0.2, 0.25) is 5.82 Å². The quantitative estimate of drug-likeness (QED) is 0.913. The summed E-state index contributed by atoms with van der Waals surface area (Å²) in [5.74, 6) is -0.560. The maximum Gasteiger partial charge on any atom is 0.449 e. The number of aromatic amines is 1. The number of hydrogen-bond donors (Lipinski definition) is 1. The van der Waals surface area contributed by atoms with E-state index in [2.05, 4.69) is 9.88 Å². The zero-order valence-electron chi connectivity index (χ0n) is 12.4. The first-order chi connectivity index (χ1) is 10.4. The van der Waals surface area contributed by atoms with E-state index in [-0.39, 0.29) is 5.69 Å². The summed E-state index contributed by atoms with van der Waals surface area (Å²) in [6.07, 6.45) is 2.02. The molecule has 0 bridgehead atoms. The Morgan fingerprint density at radius 2 is 1.95 bits per heavy atom. The standard InChI is InChI=1S/C15H20F3N3O/c16-15(17,18)14-19-12-9-21(7-6-11(12)13(22)20-14)8-10-4-2-1-3-5-10/h10H,1-9H2,(H,19,20,22). The SMILES string of the molecule is O=c1[nH]c(C(F)(F)F)nc2c1CCN(CC1CCCCC1)C2.